The summed E-state index contributed by atoms with van der Waals surface area (Å²) >= 11 is 6.09. The molecular weight excluding hydrogens is 234 g/mol. The molecule has 0 saturated carbocycles. The van der Waals surface area contributed by atoms with Crippen molar-refractivity contribution in [2.24, 2.45) is 0 Å². The smallest absolute Gasteiger partial charge is 0.0931 e. The van der Waals surface area contributed by atoms with E-state index in [1.165, 1.54) is 19.3 Å². The highest BCUT2D eigenvalue weighted by atomic mass is 35.5. The Morgan fingerprint density at radius 2 is 2.18 bits per heavy atom. The van der Waals surface area contributed by atoms with E-state index >= 15 is 0 Å². The molecular formula is C14H20ClNO. The second kappa shape index (κ2) is 5.85. The van der Waals surface area contributed by atoms with Gasteiger partial charge in [0, 0.05) is 23.2 Å². The number of benzene rings is 1. The Balaban J connectivity index is 2.01. The fourth-order valence-electron chi connectivity index (χ4n) is 2.49. The maximum Gasteiger partial charge on any atom is 0.0931 e. The van der Waals surface area contributed by atoms with Crippen molar-refractivity contribution >= 4 is 11.6 Å². The van der Waals surface area contributed by atoms with Crippen LogP contribution in [0.2, 0.25) is 5.02 Å². The third-order valence-corrected chi connectivity index (χ3v) is 3.96. The summed E-state index contributed by atoms with van der Waals surface area (Å²) in [6.07, 6.45) is 3.29. The standard InChI is InChI=1S/C14H20ClNO/c1-11-6-4-5-9-16(11)10-14(17)12-7-2-3-8-13(12)15/h2-3,7-8,11,14,17H,4-6,9-10H2,1H3. The van der Waals surface area contributed by atoms with Crippen LogP contribution in [0.3, 0.4) is 0 Å². The quantitative estimate of drug-likeness (QED) is 0.894. The number of likely N-dealkylation sites (tertiary alicyclic amines) is 1. The van der Waals surface area contributed by atoms with Crippen LogP contribution < -0.4 is 0 Å². The number of aliphatic hydroxyl groups excluding tert-OH is 1. The number of β-amino-alcohol motifs (C(OH)–C–C–N with tert-alkyl or cyclic N) is 1. The summed E-state index contributed by atoms with van der Waals surface area (Å²) in [4.78, 5) is 2.36. The second-order valence-corrected chi connectivity index (χ2v) is 5.28. The van der Waals surface area contributed by atoms with Gasteiger partial charge in [0.1, 0.15) is 0 Å². The van der Waals surface area contributed by atoms with Crippen molar-refractivity contribution in [3.8, 4) is 0 Å². The predicted octanol–water partition coefficient (Wildman–Crippen LogP) is 3.25. The highest BCUT2D eigenvalue weighted by molar-refractivity contribution is 6.31. The van der Waals surface area contributed by atoms with E-state index in [4.69, 9.17) is 11.6 Å². The minimum atomic E-state index is -0.482. The minimum absolute atomic E-state index is 0.482. The molecule has 3 heteroatoms. The minimum Gasteiger partial charge on any atom is -0.387 e. The summed E-state index contributed by atoms with van der Waals surface area (Å²) in [6, 6.07) is 8.12. The molecule has 1 aromatic rings. The zero-order chi connectivity index (χ0) is 12.3. The summed E-state index contributed by atoms with van der Waals surface area (Å²) in [6.45, 7) is 4.01. The topological polar surface area (TPSA) is 23.5 Å². The molecule has 0 amide bonds. The molecule has 1 heterocycles. The molecule has 1 N–H and O–H groups in total. The average molecular weight is 254 g/mol. The number of rotatable bonds is 3. The van der Waals surface area contributed by atoms with Crippen LogP contribution in [0.5, 0.6) is 0 Å². The van der Waals surface area contributed by atoms with Gasteiger partial charge in [0.05, 0.1) is 6.10 Å². The van der Waals surface area contributed by atoms with Gasteiger partial charge in [-0.2, -0.15) is 0 Å². The SMILES string of the molecule is CC1CCCCN1CC(O)c1ccccc1Cl. The van der Waals surface area contributed by atoms with Crippen LogP contribution in [0, 0.1) is 0 Å². The van der Waals surface area contributed by atoms with E-state index in [1.54, 1.807) is 0 Å². The van der Waals surface area contributed by atoms with Crippen molar-refractivity contribution in [3.05, 3.63) is 34.9 Å². The van der Waals surface area contributed by atoms with E-state index in [1.807, 2.05) is 24.3 Å². The summed E-state index contributed by atoms with van der Waals surface area (Å²) in [5.41, 5.74) is 0.840. The highest BCUT2D eigenvalue weighted by Crippen LogP contribution is 2.25. The van der Waals surface area contributed by atoms with Crippen LogP contribution in [0.25, 0.3) is 0 Å². The monoisotopic (exact) mass is 253 g/mol. The number of hydrogen-bond acceptors (Lipinski definition) is 2. The van der Waals surface area contributed by atoms with Crippen LogP contribution in [0.15, 0.2) is 24.3 Å². The number of nitrogens with zero attached hydrogens (tertiary/aromatic N) is 1. The van der Waals surface area contributed by atoms with Gasteiger partial charge < -0.3 is 5.11 Å². The normalized spacial score (nSPS) is 23.6. The third kappa shape index (κ3) is 3.21. The van der Waals surface area contributed by atoms with Crippen LogP contribution in [-0.4, -0.2) is 29.1 Å². The summed E-state index contributed by atoms with van der Waals surface area (Å²) < 4.78 is 0. The van der Waals surface area contributed by atoms with Gasteiger partial charge in [-0.05, 0) is 32.4 Å². The molecule has 0 bridgehead atoms. The maximum absolute atomic E-state index is 10.2. The van der Waals surface area contributed by atoms with Gasteiger partial charge in [-0.3, -0.25) is 4.90 Å². The molecule has 0 aromatic heterocycles. The van der Waals surface area contributed by atoms with Gasteiger partial charge in [0.2, 0.25) is 0 Å². The fraction of sp³-hybridized carbons (Fsp3) is 0.571. The van der Waals surface area contributed by atoms with Crippen molar-refractivity contribution in [2.75, 3.05) is 13.1 Å². The maximum atomic E-state index is 10.2. The predicted molar refractivity (Wildman–Crippen MR) is 71.3 cm³/mol. The van der Waals surface area contributed by atoms with Crippen LogP contribution in [0.4, 0.5) is 0 Å². The molecule has 1 aliphatic heterocycles. The lowest BCUT2D eigenvalue weighted by Gasteiger charge is -2.34. The van der Waals surface area contributed by atoms with E-state index in [-0.39, 0.29) is 0 Å². The van der Waals surface area contributed by atoms with Gasteiger partial charge in [0.25, 0.3) is 0 Å². The lowest BCUT2D eigenvalue weighted by Crippen LogP contribution is -2.40. The summed E-state index contributed by atoms with van der Waals surface area (Å²) in [5, 5.41) is 10.9. The average Bonchev–Trinajstić information content (AvgIpc) is 2.32. The lowest BCUT2D eigenvalue weighted by molar-refractivity contribution is 0.0733. The Kier molecular flexibility index (Phi) is 4.43. The van der Waals surface area contributed by atoms with Crippen molar-refractivity contribution in [2.45, 2.75) is 38.3 Å². The van der Waals surface area contributed by atoms with Gasteiger partial charge in [0.15, 0.2) is 0 Å². The molecule has 0 radical (unpaired) electrons. The van der Waals surface area contributed by atoms with E-state index in [2.05, 4.69) is 11.8 Å². The van der Waals surface area contributed by atoms with Gasteiger partial charge >= 0.3 is 0 Å². The molecule has 1 aromatic carbocycles. The van der Waals surface area contributed by atoms with E-state index in [0.717, 1.165) is 12.1 Å². The third-order valence-electron chi connectivity index (χ3n) is 3.61. The summed E-state index contributed by atoms with van der Waals surface area (Å²) in [7, 11) is 0. The van der Waals surface area contributed by atoms with Crippen molar-refractivity contribution in [3.63, 3.8) is 0 Å². The molecule has 2 nitrogen and oxygen atoms in total. The first kappa shape index (κ1) is 12.9. The van der Waals surface area contributed by atoms with Gasteiger partial charge in [-0.25, -0.2) is 0 Å². The number of hydrogen-bond donors (Lipinski definition) is 1. The van der Waals surface area contributed by atoms with Crippen LogP contribution in [-0.2, 0) is 0 Å². The Bertz CT molecular complexity index is 369. The lowest BCUT2D eigenvalue weighted by atomic mass is 10.0. The van der Waals surface area contributed by atoms with Crippen LogP contribution in [0.1, 0.15) is 37.9 Å². The van der Waals surface area contributed by atoms with Crippen LogP contribution >= 0.6 is 11.6 Å². The molecule has 1 aliphatic rings. The molecule has 1 fully saturated rings. The molecule has 2 atom stereocenters. The zero-order valence-corrected chi connectivity index (χ0v) is 11.0. The number of piperidine rings is 1. The highest BCUT2D eigenvalue weighted by Gasteiger charge is 2.22. The van der Waals surface area contributed by atoms with Crippen molar-refractivity contribution in [1.82, 2.24) is 4.90 Å². The first-order chi connectivity index (χ1) is 8.18. The van der Waals surface area contributed by atoms with E-state index in [9.17, 15) is 5.11 Å². The van der Waals surface area contributed by atoms with E-state index in [0.29, 0.717) is 17.6 Å². The zero-order valence-electron chi connectivity index (χ0n) is 10.3. The van der Waals surface area contributed by atoms with E-state index < -0.39 is 6.10 Å². The molecule has 94 valence electrons. The molecule has 17 heavy (non-hydrogen) atoms. The molecule has 2 unspecified atom stereocenters. The molecule has 0 spiro atoms. The van der Waals surface area contributed by atoms with Gasteiger partial charge in [-0.15, -0.1) is 0 Å². The molecule has 1 saturated heterocycles. The summed E-state index contributed by atoms with van der Waals surface area (Å²) in [5.74, 6) is 0. The molecule has 2 rings (SSSR count). The number of aliphatic hydroxyl groups is 1. The van der Waals surface area contributed by atoms with Gasteiger partial charge in [-0.1, -0.05) is 36.2 Å². The Morgan fingerprint density at radius 3 is 2.88 bits per heavy atom. The van der Waals surface area contributed by atoms with Crippen molar-refractivity contribution in [1.29, 1.82) is 0 Å². The first-order valence-electron chi connectivity index (χ1n) is 6.35. The Morgan fingerprint density at radius 1 is 1.41 bits per heavy atom. The first-order valence-corrected chi connectivity index (χ1v) is 6.73. The Labute approximate surface area is 108 Å². The molecule has 0 aliphatic carbocycles. The second-order valence-electron chi connectivity index (χ2n) is 4.88. The Hall–Kier alpha value is -0.570. The fourth-order valence-corrected chi connectivity index (χ4v) is 2.76. The largest absolute Gasteiger partial charge is 0.387 e. The number of halogens is 1. The van der Waals surface area contributed by atoms with Crippen molar-refractivity contribution < 1.29 is 5.11 Å².